The van der Waals surface area contributed by atoms with Gasteiger partial charge in [-0.3, -0.25) is 4.90 Å². The first-order chi connectivity index (χ1) is 8.20. The van der Waals surface area contributed by atoms with E-state index in [1.54, 1.807) is 24.1 Å². The monoisotopic (exact) mass is 265 g/mol. The molecule has 0 radical (unpaired) electrons. The number of carbonyl (C=O) groups excluding carboxylic acids is 1. The minimum absolute atomic E-state index is 0.148. The lowest BCUT2D eigenvalue weighted by Crippen LogP contribution is -2.47. The van der Waals surface area contributed by atoms with Gasteiger partial charge in [-0.25, -0.2) is 4.79 Å². The predicted octanol–water partition coefficient (Wildman–Crippen LogP) is 2.27. The van der Waals surface area contributed by atoms with Gasteiger partial charge >= 0.3 is 6.03 Å². The van der Waals surface area contributed by atoms with Gasteiger partial charge in [0.15, 0.2) is 0 Å². The number of nitrogens with two attached hydrogens (primary N) is 1. The Morgan fingerprint density at radius 3 is 2.17 bits per heavy atom. The van der Waals surface area contributed by atoms with E-state index in [0.717, 1.165) is 11.3 Å². The van der Waals surface area contributed by atoms with Crippen molar-refractivity contribution in [2.45, 2.75) is 26.3 Å². The second-order valence-corrected chi connectivity index (χ2v) is 5.59. The van der Waals surface area contributed by atoms with E-state index in [9.17, 15) is 4.79 Å². The zero-order chi connectivity index (χ0) is 13.9. The largest absolute Gasteiger partial charge is 0.389 e. The third-order valence-corrected chi connectivity index (χ3v) is 2.56. The number of rotatable bonds is 2. The lowest BCUT2D eigenvalue weighted by atomic mass is 10.1. The minimum atomic E-state index is -0.260. The van der Waals surface area contributed by atoms with Gasteiger partial charge in [0, 0.05) is 23.8 Å². The maximum absolute atomic E-state index is 11.9. The maximum atomic E-state index is 11.9. The van der Waals surface area contributed by atoms with Gasteiger partial charge in [0.1, 0.15) is 4.99 Å². The highest BCUT2D eigenvalue weighted by atomic mass is 32.1. The van der Waals surface area contributed by atoms with E-state index in [-0.39, 0.29) is 11.6 Å². The molecule has 0 aliphatic heterocycles. The van der Waals surface area contributed by atoms with Gasteiger partial charge in [-0.15, -0.1) is 0 Å². The molecule has 0 unspecified atom stereocenters. The fourth-order valence-electron chi connectivity index (χ4n) is 1.37. The van der Waals surface area contributed by atoms with Crippen LogP contribution in [0.1, 0.15) is 26.3 Å². The fourth-order valence-corrected chi connectivity index (χ4v) is 1.51. The molecule has 0 aliphatic carbocycles. The molecule has 1 aromatic carbocycles. The van der Waals surface area contributed by atoms with Crippen LogP contribution < -0.4 is 16.0 Å². The summed E-state index contributed by atoms with van der Waals surface area (Å²) in [6.45, 7) is 5.82. The molecule has 3 N–H and O–H groups in total. The Morgan fingerprint density at radius 2 is 1.78 bits per heavy atom. The zero-order valence-corrected chi connectivity index (χ0v) is 12.0. The van der Waals surface area contributed by atoms with Gasteiger partial charge in [-0.1, -0.05) is 12.2 Å². The van der Waals surface area contributed by atoms with Gasteiger partial charge in [-0.2, -0.15) is 0 Å². The number of amides is 2. The van der Waals surface area contributed by atoms with Crippen LogP contribution in [-0.2, 0) is 0 Å². The van der Waals surface area contributed by atoms with Crippen molar-refractivity contribution in [3.05, 3.63) is 29.8 Å². The molecule has 98 valence electrons. The third kappa shape index (κ3) is 4.00. The summed E-state index contributed by atoms with van der Waals surface area (Å²) in [6.07, 6.45) is 0. The number of anilines is 1. The van der Waals surface area contributed by atoms with Crippen LogP contribution in [0.4, 0.5) is 10.5 Å². The number of thiocarbonyl (C=S) groups is 1. The van der Waals surface area contributed by atoms with E-state index >= 15 is 0 Å². The van der Waals surface area contributed by atoms with Crippen LogP contribution in [0.3, 0.4) is 0 Å². The third-order valence-electron chi connectivity index (χ3n) is 2.33. The Morgan fingerprint density at radius 1 is 1.28 bits per heavy atom. The van der Waals surface area contributed by atoms with Gasteiger partial charge in [0.05, 0.1) is 0 Å². The average molecular weight is 265 g/mol. The molecule has 0 aliphatic rings. The van der Waals surface area contributed by atoms with Gasteiger partial charge in [0.2, 0.25) is 0 Å². The van der Waals surface area contributed by atoms with Crippen LogP contribution in [-0.4, -0.2) is 23.6 Å². The molecule has 0 bridgehead atoms. The highest BCUT2D eigenvalue weighted by molar-refractivity contribution is 7.80. The van der Waals surface area contributed by atoms with Crippen LogP contribution in [0.5, 0.6) is 0 Å². The first-order valence-corrected chi connectivity index (χ1v) is 6.07. The summed E-state index contributed by atoms with van der Waals surface area (Å²) in [7, 11) is 1.72. The molecule has 4 nitrogen and oxygen atoms in total. The quantitative estimate of drug-likeness (QED) is 0.806. The second-order valence-electron chi connectivity index (χ2n) is 5.15. The second kappa shape index (κ2) is 5.35. The van der Waals surface area contributed by atoms with Crippen molar-refractivity contribution < 1.29 is 4.79 Å². The first kappa shape index (κ1) is 14.4. The molecule has 0 aromatic heterocycles. The standard InChI is InChI=1S/C13H19N3OS/c1-13(2,3)15-12(17)16(4)10-7-5-9(6-8-10)11(14)18/h5-8H,1-4H3,(H2,14,18)(H,15,17). The summed E-state index contributed by atoms with van der Waals surface area (Å²) >= 11 is 4.88. The molecule has 0 spiro atoms. The molecule has 0 heterocycles. The van der Waals surface area contributed by atoms with E-state index in [1.807, 2.05) is 32.9 Å². The summed E-state index contributed by atoms with van der Waals surface area (Å²) in [5, 5.41) is 2.89. The molecule has 0 atom stereocenters. The van der Waals surface area contributed by atoms with Crippen molar-refractivity contribution in [2.75, 3.05) is 11.9 Å². The highest BCUT2D eigenvalue weighted by Crippen LogP contribution is 2.14. The van der Waals surface area contributed by atoms with Crippen LogP contribution >= 0.6 is 12.2 Å². The summed E-state index contributed by atoms with van der Waals surface area (Å²) in [5.74, 6) is 0. The number of hydrogen-bond acceptors (Lipinski definition) is 2. The number of urea groups is 1. The molecular formula is C13H19N3OS. The molecule has 1 rings (SSSR count). The van der Waals surface area contributed by atoms with E-state index in [4.69, 9.17) is 18.0 Å². The lowest BCUT2D eigenvalue weighted by molar-refractivity contribution is 0.239. The summed E-state index contributed by atoms with van der Waals surface area (Å²) in [5.41, 5.74) is 6.84. The SMILES string of the molecule is CN(C(=O)NC(C)(C)C)c1ccc(C(N)=S)cc1. The molecule has 0 saturated heterocycles. The summed E-state index contributed by atoms with van der Waals surface area (Å²) in [6, 6.07) is 7.09. The predicted molar refractivity (Wildman–Crippen MR) is 79.0 cm³/mol. The number of hydrogen-bond donors (Lipinski definition) is 2. The van der Waals surface area contributed by atoms with Gasteiger partial charge in [-0.05, 0) is 45.0 Å². The first-order valence-electron chi connectivity index (χ1n) is 5.66. The van der Waals surface area contributed by atoms with Crippen molar-refractivity contribution >= 4 is 28.9 Å². The molecule has 1 aromatic rings. The van der Waals surface area contributed by atoms with Crippen LogP contribution in [0.2, 0.25) is 0 Å². The zero-order valence-electron chi connectivity index (χ0n) is 11.2. The average Bonchev–Trinajstić information content (AvgIpc) is 2.26. The minimum Gasteiger partial charge on any atom is -0.389 e. The molecule has 18 heavy (non-hydrogen) atoms. The van der Waals surface area contributed by atoms with Gasteiger partial charge in [0.25, 0.3) is 0 Å². The van der Waals surface area contributed by atoms with E-state index < -0.39 is 0 Å². The maximum Gasteiger partial charge on any atom is 0.322 e. The van der Waals surface area contributed by atoms with Crippen molar-refractivity contribution in [1.29, 1.82) is 0 Å². The topological polar surface area (TPSA) is 58.4 Å². The van der Waals surface area contributed by atoms with Crippen LogP contribution in [0.25, 0.3) is 0 Å². The van der Waals surface area contributed by atoms with Crippen molar-refractivity contribution in [3.8, 4) is 0 Å². The lowest BCUT2D eigenvalue weighted by Gasteiger charge is -2.25. The Balaban J connectivity index is 2.81. The molecule has 2 amide bonds. The van der Waals surface area contributed by atoms with Crippen molar-refractivity contribution in [2.24, 2.45) is 5.73 Å². The van der Waals surface area contributed by atoms with Crippen molar-refractivity contribution in [3.63, 3.8) is 0 Å². The van der Waals surface area contributed by atoms with Crippen LogP contribution in [0, 0.1) is 0 Å². The van der Waals surface area contributed by atoms with Crippen molar-refractivity contribution in [1.82, 2.24) is 5.32 Å². The molecule has 5 heteroatoms. The smallest absolute Gasteiger partial charge is 0.322 e. The summed E-state index contributed by atoms with van der Waals surface area (Å²) < 4.78 is 0. The number of benzene rings is 1. The summed E-state index contributed by atoms with van der Waals surface area (Å²) in [4.78, 5) is 13.8. The number of nitrogens with zero attached hydrogens (tertiary/aromatic N) is 1. The van der Waals surface area contributed by atoms with Gasteiger partial charge < -0.3 is 11.1 Å². The molecule has 0 saturated carbocycles. The molecular weight excluding hydrogens is 246 g/mol. The Labute approximate surface area is 113 Å². The van der Waals surface area contributed by atoms with E-state index in [0.29, 0.717) is 4.99 Å². The Kier molecular flexibility index (Phi) is 4.29. The number of nitrogens with one attached hydrogen (secondary N) is 1. The van der Waals surface area contributed by atoms with E-state index in [1.165, 1.54) is 0 Å². The Hall–Kier alpha value is -1.62. The molecule has 0 fully saturated rings. The van der Waals surface area contributed by atoms with E-state index in [2.05, 4.69) is 5.32 Å². The number of carbonyl (C=O) groups is 1. The highest BCUT2D eigenvalue weighted by Gasteiger charge is 2.17. The normalized spacial score (nSPS) is 10.9. The van der Waals surface area contributed by atoms with Crippen LogP contribution in [0.15, 0.2) is 24.3 Å². The Bertz CT molecular complexity index is 448. The fraction of sp³-hybridized carbons (Fsp3) is 0.385.